The Morgan fingerprint density at radius 2 is 1.96 bits per heavy atom. The molecule has 1 N–H and O–H groups in total. The van der Waals surface area contributed by atoms with Crippen LogP contribution in [0.15, 0.2) is 47.8 Å². The molecule has 0 atom stereocenters. The standard InChI is InChI=1S/C21H23N3O/c1-15-8-7-10-16-18(14-15)22-20(17-9-3-2-4-11-19(17)25)23-21(16)24-12-5-6-13-24/h2-3,7-9,11,14,25H,4-6,10,12-13H2,1H3. The molecule has 2 heterocycles. The Bertz CT molecular complexity index is 837. The summed E-state index contributed by atoms with van der Waals surface area (Å²) < 4.78 is 0. The minimum absolute atomic E-state index is 0.254. The zero-order chi connectivity index (χ0) is 17.2. The summed E-state index contributed by atoms with van der Waals surface area (Å²) in [6.45, 7) is 4.17. The van der Waals surface area contributed by atoms with Gasteiger partial charge in [-0.1, -0.05) is 24.3 Å². The Morgan fingerprint density at radius 1 is 1.12 bits per heavy atom. The highest BCUT2D eigenvalue weighted by Gasteiger charge is 2.23. The maximum Gasteiger partial charge on any atom is 0.165 e. The number of hydrogen-bond donors (Lipinski definition) is 1. The number of anilines is 1. The second kappa shape index (κ2) is 6.71. The number of aliphatic hydroxyl groups excluding tert-OH is 1. The number of hydrogen-bond acceptors (Lipinski definition) is 4. The molecule has 0 radical (unpaired) electrons. The predicted octanol–water partition coefficient (Wildman–Crippen LogP) is 4.38. The topological polar surface area (TPSA) is 49.3 Å². The largest absolute Gasteiger partial charge is 0.508 e. The first-order chi connectivity index (χ1) is 12.2. The lowest BCUT2D eigenvalue weighted by Gasteiger charge is -2.22. The molecule has 1 saturated heterocycles. The SMILES string of the molecule is CC1=Cc2nc(C3=CC=CCC=C3O)nc(N3CCCC3)c2CC=C1. The van der Waals surface area contributed by atoms with Gasteiger partial charge in [0.2, 0.25) is 0 Å². The van der Waals surface area contributed by atoms with Crippen molar-refractivity contribution in [3.63, 3.8) is 0 Å². The minimum Gasteiger partial charge on any atom is -0.508 e. The summed E-state index contributed by atoms with van der Waals surface area (Å²) >= 11 is 0. The summed E-state index contributed by atoms with van der Waals surface area (Å²) in [6.07, 6.45) is 18.1. The molecule has 0 aromatic carbocycles. The van der Waals surface area contributed by atoms with Crippen molar-refractivity contribution in [1.82, 2.24) is 9.97 Å². The summed E-state index contributed by atoms with van der Waals surface area (Å²) in [6, 6.07) is 0. The molecular weight excluding hydrogens is 310 g/mol. The summed E-state index contributed by atoms with van der Waals surface area (Å²) in [7, 11) is 0. The average Bonchev–Trinajstić information content (AvgIpc) is 2.96. The molecule has 0 amide bonds. The molecule has 1 fully saturated rings. The van der Waals surface area contributed by atoms with E-state index in [1.54, 1.807) is 0 Å². The number of fused-ring (bicyclic) bond motifs is 1. The van der Waals surface area contributed by atoms with Gasteiger partial charge in [0.05, 0.1) is 11.3 Å². The van der Waals surface area contributed by atoms with Crippen molar-refractivity contribution in [3.8, 4) is 0 Å². The van der Waals surface area contributed by atoms with Gasteiger partial charge in [-0.05, 0) is 56.4 Å². The fraction of sp³-hybridized carbons (Fsp3) is 0.333. The number of aromatic nitrogens is 2. The molecule has 1 aliphatic heterocycles. The van der Waals surface area contributed by atoms with Crippen LogP contribution < -0.4 is 4.90 Å². The van der Waals surface area contributed by atoms with Gasteiger partial charge in [-0.2, -0.15) is 0 Å². The second-order valence-corrected chi connectivity index (χ2v) is 6.76. The van der Waals surface area contributed by atoms with E-state index in [1.165, 1.54) is 24.0 Å². The van der Waals surface area contributed by atoms with E-state index in [2.05, 4.69) is 30.1 Å². The molecule has 1 aromatic heterocycles. The molecule has 0 spiro atoms. The fourth-order valence-corrected chi connectivity index (χ4v) is 3.55. The molecule has 4 heteroatoms. The zero-order valence-electron chi connectivity index (χ0n) is 14.6. The molecule has 128 valence electrons. The van der Waals surface area contributed by atoms with Crippen LogP contribution in [-0.4, -0.2) is 28.2 Å². The predicted molar refractivity (Wildman–Crippen MR) is 102 cm³/mol. The van der Waals surface area contributed by atoms with Crippen molar-refractivity contribution in [2.45, 2.75) is 32.6 Å². The van der Waals surface area contributed by atoms with Gasteiger partial charge in [0.25, 0.3) is 0 Å². The van der Waals surface area contributed by atoms with Crippen molar-refractivity contribution in [1.29, 1.82) is 0 Å². The van der Waals surface area contributed by atoms with Crippen molar-refractivity contribution >= 4 is 17.5 Å². The van der Waals surface area contributed by atoms with Crippen LogP contribution in [0.3, 0.4) is 0 Å². The summed E-state index contributed by atoms with van der Waals surface area (Å²) in [4.78, 5) is 12.1. The van der Waals surface area contributed by atoms with Gasteiger partial charge in [0.15, 0.2) is 5.82 Å². The van der Waals surface area contributed by atoms with E-state index in [1.807, 2.05) is 24.3 Å². The molecule has 0 unspecified atom stereocenters. The van der Waals surface area contributed by atoms with Gasteiger partial charge in [0, 0.05) is 18.7 Å². The average molecular weight is 333 g/mol. The molecule has 4 nitrogen and oxygen atoms in total. The van der Waals surface area contributed by atoms with E-state index in [4.69, 9.17) is 9.97 Å². The van der Waals surface area contributed by atoms with Gasteiger partial charge in [-0.15, -0.1) is 0 Å². The van der Waals surface area contributed by atoms with E-state index in [-0.39, 0.29) is 5.76 Å². The second-order valence-electron chi connectivity index (χ2n) is 6.76. The highest BCUT2D eigenvalue weighted by molar-refractivity contribution is 5.77. The maximum absolute atomic E-state index is 10.4. The molecular formula is C21H23N3O. The van der Waals surface area contributed by atoms with Crippen molar-refractivity contribution < 1.29 is 5.11 Å². The third kappa shape index (κ3) is 3.16. The third-order valence-corrected chi connectivity index (χ3v) is 4.85. The van der Waals surface area contributed by atoms with Crippen LogP contribution in [0.1, 0.15) is 43.3 Å². The lowest BCUT2D eigenvalue weighted by atomic mass is 10.1. The number of aliphatic hydroxyl groups is 1. The fourth-order valence-electron chi connectivity index (χ4n) is 3.55. The Hall–Kier alpha value is -2.62. The zero-order valence-corrected chi connectivity index (χ0v) is 14.6. The van der Waals surface area contributed by atoms with E-state index in [9.17, 15) is 5.11 Å². The van der Waals surface area contributed by atoms with E-state index in [0.717, 1.165) is 37.4 Å². The smallest absolute Gasteiger partial charge is 0.165 e. The van der Waals surface area contributed by atoms with Crippen LogP contribution in [0.5, 0.6) is 0 Å². The minimum atomic E-state index is 0.254. The van der Waals surface area contributed by atoms with Crippen molar-refractivity contribution in [3.05, 3.63) is 64.9 Å². The van der Waals surface area contributed by atoms with Crippen LogP contribution in [0.2, 0.25) is 0 Å². The molecule has 0 bridgehead atoms. The maximum atomic E-state index is 10.4. The number of rotatable bonds is 2. The van der Waals surface area contributed by atoms with E-state index in [0.29, 0.717) is 11.4 Å². The van der Waals surface area contributed by atoms with Crippen LogP contribution in [0.4, 0.5) is 5.82 Å². The van der Waals surface area contributed by atoms with Gasteiger partial charge in [-0.25, -0.2) is 9.97 Å². The summed E-state index contributed by atoms with van der Waals surface area (Å²) in [5, 5.41) is 10.4. The number of allylic oxidation sites excluding steroid dienone is 8. The first-order valence-electron chi connectivity index (χ1n) is 9.00. The molecule has 3 aliphatic rings. The van der Waals surface area contributed by atoms with Crippen LogP contribution in [0, 0.1) is 0 Å². The Morgan fingerprint density at radius 3 is 2.80 bits per heavy atom. The highest BCUT2D eigenvalue weighted by Crippen LogP contribution is 2.31. The van der Waals surface area contributed by atoms with Crippen LogP contribution in [0.25, 0.3) is 11.6 Å². The number of nitrogens with zero attached hydrogens (tertiary/aromatic N) is 3. The van der Waals surface area contributed by atoms with Gasteiger partial charge >= 0.3 is 0 Å². The van der Waals surface area contributed by atoms with Gasteiger partial charge < -0.3 is 10.0 Å². The van der Waals surface area contributed by atoms with Crippen molar-refractivity contribution in [2.75, 3.05) is 18.0 Å². The quantitative estimate of drug-likeness (QED) is 0.873. The summed E-state index contributed by atoms with van der Waals surface area (Å²) in [5.41, 5.74) is 4.04. The van der Waals surface area contributed by atoms with Gasteiger partial charge in [-0.3, -0.25) is 0 Å². The first kappa shape index (κ1) is 15.9. The normalized spacial score (nSPS) is 19.7. The highest BCUT2D eigenvalue weighted by atomic mass is 16.3. The van der Waals surface area contributed by atoms with Crippen LogP contribution >= 0.6 is 0 Å². The Balaban J connectivity index is 1.89. The van der Waals surface area contributed by atoms with Crippen LogP contribution in [-0.2, 0) is 6.42 Å². The molecule has 4 rings (SSSR count). The lowest BCUT2D eigenvalue weighted by molar-refractivity contribution is 0.435. The first-order valence-corrected chi connectivity index (χ1v) is 9.00. The third-order valence-electron chi connectivity index (χ3n) is 4.85. The summed E-state index contributed by atoms with van der Waals surface area (Å²) in [5.74, 6) is 1.88. The monoisotopic (exact) mass is 333 g/mol. The Labute approximate surface area is 148 Å². The molecule has 0 saturated carbocycles. The molecule has 2 aliphatic carbocycles. The molecule has 25 heavy (non-hydrogen) atoms. The van der Waals surface area contributed by atoms with Crippen molar-refractivity contribution in [2.24, 2.45) is 0 Å². The van der Waals surface area contributed by atoms with E-state index >= 15 is 0 Å². The van der Waals surface area contributed by atoms with E-state index < -0.39 is 0 Å². The Kier molecular flexibility index (Phi) is 4.26. The van der Waals surface area contributed by atoms with Gasteiger partial charge in [0.1, 0.15) is 11.6 Å². The molecule has 1 aromatic rings. The lowest BCUT2D eigenvalue weighted by Crippen LogP contribution is -2.22.